The summed E-state index contributed by atoms with van der Waals surface area (Å²) in [7, 11) is 1.81. The van der Waals surface area contributed by atoms with Crippen LogP contribution in [-0.2, 0) is 11.2 Å². The third-order valence-electron chi connectivity index (χ3n) is 5.20. The molecule has 1 aromatic carbocycles. The van der Waals surface area contributed by atoms with Gasteiger partial charge in [-0.2, -0.15) is 0 Å². The van der Waals surface area contributed by atoms with Crippen LogP contribution < -0.4 is 5.32 Å². The first-order valence-corrected chi connectivity index (χ1v) is 9.68. The van der Waals surface area contributed by atoms with Gasteiger partial charge in [0.25, 0.3) is 0 Å². The lowest BCUT2D eigenvalue weighted by atomic mass is 10.1. The topological polar surface area (TPSA) is 54.3 Å². The van der Waals surface area contributed by atoms with Crippen molar-refractivity contribution in [1.82, 2.24) is 9.47 Å². The Morgan fingerprint density at radius 2 is 1.89 bits per heavy atom. The van der Waals surface area contributed by atoms with Gasteiger partial charge in [0.1, 0.15) is 0 Å². The van der Waals surface area contributed by atoms with Crippen LogP contribution >= 0.6 is 0 Å². The smallest absolute Gasteiger partial charge is 0.238 e. The SMILES string of the molecule is CCc1ccccc1NC(=O)CN(C)CC(=O)c1cc(C)n(C2CC2)c1C. The van der Waals surface area contributed by atoms with E-state index in [1.54, 1.807) is 4.90 Å². The number of aryl methyl sites for hydroxylation is 2. The molecule has 0 atom stereocenters. The van der Waals surface area contributed by atoms with E-state index in [1.807, 2.05) is 44.3 Å². The standard InChI is InChI=1S/C22H29N3O2/c1-5-17-8-6-7-9-20(17)23-22(27)14-24(4)13-21(26)19-12-15(2)25(16(19)3)18-10-11-18/h6-9,12,18H,5,10-11,13-14H2,1-4H3,(H,23,27). The molecule has 1 N–H and O–H groups in total. The minimum atomic E-state index is -0.102. The van der Waals surface area contributed by atoms with Gasteiger partial charge < -0.3 is 9.88 Å². The number of ketones is 1. The summed E-state index contributed by atoms with van der Waals surface area (Å²) in [5, 5.41) is 2.96. The molecule has 5 nitrogen and oxygen atoms in total. The minimum Gasteiger partial charge on any atom is -0.345 e. The lowest BCUT2D eigenvalue weighted by molar-refractivity contribution is -0.116. The maximum Gasteiger partial charge on any atom is 0.238 e. The first-order valence-electron chi connectivity index (χ1n) is 9.68. The van der Waals surface area contributed by atoms with E-state index in [0.29, 0.717) is 6.04 Å². The zero-order valence-corrected chi connectivity index (χ0v) is 16.7. The Morgan fingerprint density at radius 3 is 2.56 bits per heavy atom. The van der Waals surface area contributed by atoms with Crippen molar-refractivity contribution in [3.8, 4) is 0 Å². The number of amides is 1. The van der Waals surface area contributed by atoms with Crippen LogP contribution in [0.15, 0.2) is 30.3 Å². The summed E-state index contributed by atoms with van der Waals surface area (Å²) in [6.45, 7) is 6.56. The molecule has 1 aliphatic carbocycles. The number of hydrogen-bond donors (Lipinski definition) is 1. The molecule has 0 saturated heterocycles. The van der Waals surface area contributed by atoms with Gasteiger partial charge in [-0.1, -0.05) is 25.1 Å². The molecule has 1 amide bonds. The molecule has 1 saturated carbocycles. The first kappa shape index (κ1) is 19.4. The normalized spacial score (nSPS) is 13.8. The molecule has 0 radical (unpaired) electrons. The average Bonchev–Trinajstić information content (AvgIpc) is 3.40. The van der Waals surface area contributed by atoms with Gasteiger partial charge >= 0.3 is 0 Å². The molecule has 0 spiro atoms. The Labute approximate surface area is 161 Å². The molecular weight excluding hydrogens is 338 g/mol. The maximum absolute atomic E-state index is 12.7. The largest absolute Gasteiger partial charge is 0.345 e. The fourth-order valence-electron chi connectivity index (χ4n) is 3.73. The average molecular weight is 367 g/mol. The zero-order valence-electron chi connectivity index (χ0n) is 16.7. The summed E-state index contributed by atoms with van der Waals surface area (Å²) < 4.78 is 2.28. The quantitative estimate of drug-likeness (QED) is 0.723. The highest BCUT2D eigenvalue weighted by atomic mass is 16.2. The lowest BCUT2D eigenvalue weighted by Gasteiger charge is -2.16. The van der Waals surface area contributed by atoms with Crippen LogP contribution in [0, 0.1) is 13.8 Å². The highest BCUT2D eigenvalue weighted by molar-refractivity contribution is 5.99. The van der Waals surface area contributed by atoms with Gasteiger partial charge in [-0.3, -0.25) is 14.5 Å². The first-order chi connectivity index (χ1) is 12.9. The van der Waals surface area contributed by atoms with E-state index >= 15 is 0 Å². The number of nitrogens with zero attached hydrogens (tertiary/aromatic N) is 2. The minimum absolute atomic E-state index is 0.0688. The van der Waals surface area contributed by atoms with Crippen LogP contribution in [0.1, 0.15) is 53.1 Å². The number of Topliss-reactive ketones (excluding diaryl/α,β-unsaturated/α-hetero) is 1. The van der Waals surface area contributed by atoms with Crippen molar-refractivity contribution in [1.29, 1.82) is 0 Å². The number of para-hydroxylation sites is 1. The van der Waals surface area contributed by atoms with Crippen LogP contribution in [0.3, 0.4) is 0 Å². The van der Waals surface area contributed by atoms with Gasteiger partial charge in [-0.25, -0.2) is 0 Å². The highest BCUT2D eigenvalue weighted by Crippen LogP contribution is 2.38. The molecule has 5 heteroatoms. The maximum atomic E-state index is 12.7. The second-order valence-electron chi connectivity index (χ2n) is 7.54. The summed E-state index contributed by atoms with van der Waals surface area (Å²) in [6.07, 6.45) is 3.26. The van der Waals surface area contributed by atoms with Crippen molar-refractivity contribution < 1.29 is 9.59 Å². The van der Waals surface area contributed by atoms with Crippen LogP contribution in [0.25, 0.3) is 0 Å². The van der Waals surface area contributed by atoms with Crippen LogP contribution in [0.4, 0.5) is 5.69 Å². The highest BCUT2D eigenvalue weighted by Gasteiger charge is 2.28. The number of carbonyl (C=O) groups is 2. The number of aromatic nitrogens is 1. The fourth-order valence-corrected chi connectivity index (χ4v) is 3.73. The number of benzene rings is 1. The number of nitrogens with one attached hydrogen (secondary N) is 1. The lowest BCUT2D eigenvalue weighted by Crippen LogP contribution is -2.34. The van der Waals surface area contributed by atoms with Gasteiger partial charge in [-0.15, -0.1) is 0 Å². The molecule has 1 fully saturated rings. The van der Waals surface area contributed by atoms with E-state index in [9.17, 15) is 9.59 Å². The summed E-state index contributed by atoms with van der Waals surface area (Å²) in [5.74, 6) is -0.0334. The second-order valence-corrected chi connectivity index (χ2v) is 7.54. The fraction of sp³-hybridized carbons (Fsp3) is 0.455. The number of hydrogen-bond acceptors (Lipinski definition) is 3. The van der Waals surface area contributed by atoms with Crippen molar-refractivity contribution >= 4 is 17.4 Å². The Balaban J connectivity index is 1.59. The van der Waals surface area contributed by atoms with Crippen molar-refractivity contribution in [3.63, 3.8) is 0 Å². The van der Waals surface area contributed by atoms with E-state index in [0.717, 1.165) is 34.6 Å². The number of anilines is 1. The number of rotatable bonds is 8. The van der Waals surface area contributed by atoms with Crippen molar-refractivity contribution in [2.24, 2.45) is 0 Å². The molecular formula is C22H29N3O2. The van der Waals surface area contributed by atoms with Crippen LogP contribution in [0.2, 0.25) is 0 Å². The second kappa shape index (κ2) is 8.09. The Hall–Kier alpha value is -2.40. The molecule has 1 aliphatic rings. The van der Waals surface area contributed by atoms with E-state index in [1.165, 1.54) is 12.8 Å². The van der Waals surface area contributed by atoms with Crippen molar-refractivity contribution in [2.75, 3.05) is 25.5 Å². The Bertz CT molecular complexity index is 849. The molecule has 0 aliphatic heterocycles. The third-order valence-corrected chi connectivity index (χ3v) is 5.20. The molecule has 2 aromatic rings. The third kappa shape index (κ3) is 4.48. The molecule has 1 heterocycles. The van der Waals surface area contributed by atoms with Gasteiger partial charge in [0, 0.05) is 28.7 Å². The van der Waals surface area contributed by atoms with Gasteiger partial charge in [-0.05, 0) is 57.9 Å². The zero-order chi connectivity index (χ0) is 19.6. The predicted molar refractivity (Wildman–Crippen MR) is 108 cm³/mol. The summed E-state index contributed by atoms with van der Waals surface area (Å²) in [4.78, 5) is 26.9. The number of likely N-dealkylation sites (N-methyl/N-ethyl adjacent to an activating group) is 1. The van der Waals surface area contributed by atoms with E-state index in [4.69, 9.17) is 0 Å². The molecule has 144 valence electrons. The van der Waals surface area contributed by atoms with Gasteiger partial charge in [0.05, 0.1) is 13.1 Å². The Kier molecular flexibility index (Phi) is 5.80. The monoisotopic (exact) mass is 367 g/mol. The van der Waals surface area contributed by atoms with Crippen LogP contribution in [0.5, 0.6) is 0 Å². The Morgan fingerprint density at radius 1 is 1.19 bits per heavy atom. The van der Waals surface area contributed by atoms with E-state index in [-0.39, 0.29) is 24.8 Å². The molecule has 0 unspecified atom stereocenters. The predicted octanol–water partition coefficient (Wildman–Crippen LogP) is 3.76. The van der Waals surface area contributed by atoms with Crippen molar-refractivity contribution in [3.05, 3.63) is 52.8 Å². The van der Waals surface area contributed by atoms with Gasteiger partial charge in [0.2, 0.25) is 5.91 Å². The van der Waals surface area contributed by atoms with Crippen LogP contribution in [-0.4, -0.2) is 41.3 Å². The molecule has 1 aromatic heterocycles. The van der Waals surface area contributed by atoms with Gasteiger partial charge in [0.15, 0.2) is 5.78 Å². The van der Waals surface area contributed by atoms with E-state index in [2.05, 4.69) is 23.7 Å². The number of carbonyl (C=O) groups excluding carboxylic acids is 2. The molecule has 3 rings (SSSR count). The molecule has 27 heavy (non-hydrogen) atoms. The van der Waals surface area contributed by atoms with E-state index < -0.39 is 0 Å². The summed E-state index contributed by atoms with van der Waals surface area (Å²) in [5.41, 5.74) is 4.93. The summed E-state index contributed by atoms with van der Waals surface area (Å²) in [6, 6.07) is 10.4. The van der Waals surface area contributed by atoms with Crippen molar-refractivity contribution in [2.45, 2.75) is 46.1 Å². The summed E-state index contributed by atoms with van der Waals surface area (Å²) >= 11 is 0. The molecule has 0 bridgehead atoms.